The van der Waals surface area contributed by atoms with Crippen LogP contribution in [0.25, 0.3) is 0 Å². The lowest BCUT2D eigenvalue weighted by molar-refractivity contribution is -0.128. The first kappa shape index (κ1) is 13.4. The largest absolute Gasteiger partial charge is 0.293 e. The van der Waals surface area contributed by atoms with Gasteiger partial charge in [0, 0.05) is 5.54 Å². The van der Waals surface area contributed by atoms with E-state index in [9.17, 15) is 4.79 Å². The van der Waals surface area contributed by atoms with Gasteiger partial charge in [0.15, 0.2) is 0 Å². The molecule has 1 unspecified atom stereocenters. The van der Waals surface area contributed by atoms with Gasteiger partial charge in [0.05, 0.1) is 6.04 Å². The molecule has 0 fully saturated rings. The standard InChI is InChI=1S/C10H23N3O/c1-6-8(9(14)12-11)13(5)10(3,4)7-2/h8H,6-7,11H2,1-5H3,(H,12,14). The summed E-state index contributed by atoms with van der Waals surface area (Å²) in [5.41, 5.74) is 2.23. The maximum atomic E-state index is 11.5. The third kappa shape index (κ3) is 2.96. The van der Waals surface area contributed by atoms with Crippen molar-refractivity contribution in [1.29, 1.82) is 0 Å². The van der Waals surface area contributed by atoms with Crippen LogP contribution in [0.2, 0.25) is 0 Å². The molecule has 0 heterocycles. The molecular formula is C10H23N3O. The number of hydrogen-bond acceptors (Lipinski definition) is 3. The van der Waals surface area contributed by atoms with Crippen molar-refractivity contribution >= 4 is 5.91 Å². The second-order valence-corrected chi connectivity index (χ2v) is 4.21. The maximum absolute atomic E-state index is 11.5. The van der Waals surface area contributed by atoms with Gasteiger partial charge in [-0.15, -0.1) is 0 Å². The molecule has 0 bridgehead atoms. The normalized spacial score (nSPS) is 14.2. The van der Waals surface area contributed by atoms with Crippen LogP contribution in [0.5, 0.6) is 0 Å². The van der Waals surface area contributed by atoms with Gasteiger partial charge < -0.3 is 0 Å². The van der Waals surface area contributed by atoms with Crippen LogP contribution in [0.1, 0.15) is 40.5 Å². The van der Waals surface area contributed by atoms with E-state index < -0.39 is 0 Å². The Bertz CT molecular complexity index is 192. The Hall–Kier alpha value is -0.610. The lowest BCUT2D eigenvalue weighted by Crippen LogP contribution is -2.54. The molecule has 0 saturated carbocycles. The molecule has 0 aliphatic carbocycles. The van der Waals surface area contributed by atoms with E-state index in [1.165, 1.54) is 0 Å². The summed E-state index contributed by atoms with van der Waals surface area (Å²) in [7, 11) is 1.97. The Morgan fingerprint density at radius 3 is 2.29 bits per heavy atom. The second-order valence-electron chi connectivity index (χ2n) is 4.21. The van der Waals surface area contributed by atoms with E-state index in [1.54, 1.807) is 0 Å². The molecule has 0 rings (SSSR count). The minimum Gasteiger partial charge on any atom is -0.293 e. The third-order valence-electron chi connectivity index (χ3n) is 3.12. The number of carbonyl (C=O) groups is 1. The molecule has 0 aromatic carbocycles. The van der Waals surface area contributed by atoms with Crippen LogP contribution in [0.15, 0.2) is 0 Å². The predicted molar refractivity (Wildman–Crippen MR) is 58.5 cm³/mol. The SMILES string of the molecule is CCC(C(=O)NN)N(C)C(C)(C)CC. The Morgan fingerprint density at radius 2 is 2.00 bits per heavy atom. The number of likely N-dealkylation sites (N-methyl/N-ethyl adjacent to an activating group) is 1. The average molecular weight is 201 g/mol. The maximum Gasteiger partial charge on any atom is 0.251 e. The lowest BCUT2D eigenvalue weighted by atomic mass is 9.96. The number of carbonyl (C=O) groups excluding carboxylic acids is 1. The van der Waals surface area contributed by atoms with E-state index in [0.29, 0.717) is 0 Å². The van der Waals surface area contributed by atoms with Gasteiger partial charge in [0.25, 0.3) is 5.91 Å². The van der Waals surface area contributed by atoms with Crippen LogP contribution in [0, 0.1) is 0 Å². The fraction of sp³-hybridized carbons (Fsp3) is 0.900. The summed E-state index contributed by atoms with van der Waals surface area (Å²) in [6.45, 7) is 8.35. The van der Waals surface area contributed by atoms with Crippen molar-refractivity contribution in [2.75, 3.05) is 7.05 Å². The first-order valence-electron chi connectivity index (χ1n) is 5.14. The van der Waals surface area contributed by atoms with Gasteiger partial charge in [0.1, 0.15) is 0 Å². The zero-order valence-electron chi connectivity index (χ0n) is 9.92. The van der Waals surface area contributed by atoms with Crippen LogP contribution in [0.3, 0.4) is 0 Å². The zero-order valence-corrected chi connectivity index (χ0v) is 9.92. The number of nitrogens with two attached hydrogens (primary N) is 1. The van der Waals surface area contributed by atoms with Crippen molar-refractivity contribution in [3.05, 3.63) is 0 Å². The highest BCUT2D eigenvalue weighted by molar-refractivity contribution is 5.81. The highest BCUT2D eigenvalue weighted by Crippen LogP contribution is 2.20. The van der Waals surface area contributed by atoms with Crippen molar-refractivity contribution < 1.29 is 4.79 Å². The molecule has 84 valence electrons. The average Bonchev–Trinajstić information content (AvgIpc) is 2.18. The van der Waals surface area contributed by atoms with Crippen LogP contribution in [0.4, 0.5) is 0 Å². The monoisotopic (exact) mass is 201 g/mol. The number of hydrazine groups is 1. The highest BCUT2D eigenvalue weighted by Gasteiger charge is 2.30. The Balaban J connectivity index is 4.61. The van der Waals surface area contributed by atoms with Crippen molar-refractivity contribution in [2.24, 2.45) is 5.84 Å². The van der Waals surface area contributed by atoms with Gasteiger partial charge in [0.2, 0.25) is 0 Å². The molecule has 0 aromatic heterocycles. The first-order chi connectivity index (χ1) is 6.40. The van der Waals surface area contributed by atoms with Crippen LogP contribution < -0.4 is 11.3 Å². The predicted octanol–water partition coefficient (Wildman–Crippen LogP) is 0.875. The topological polar surface area (TPSA) is 58.4 Å². The molecular weight excluding hydrogens is 178 g/mol. The molecule has 0 radical (unpaired) electrons. The van der Waals surface area contributed by atoms with E-state index in [0.717, 1.165) is 12.8 Å². The van der Waals surface area contributed by atoms with Crippen molar-refractivity contribution in [3.63, 3.8) is 0 Å². The van der Waals surface area contributed by atoms with E-state index in [1.807, 2.05) is 14.0 Å². The molecule has 0 saturated heterocycles. The van der Waals surface area contributed by atoms with Gasteiger partial charge in [-0.05, 0) is 33.7 Å². The molecule has 14 heavy (non-hydrogen) atoms. The van der Waals surface area contributed by atoms with Gasteiger partial charge in [-0.3, -0.25) is 15.1 Å². The van der Waals surface area contributed by atoms with Crippen molar-refractivity contribution in [3.8, 4) is 0 Å². The van der Waals surface area contributed by atoms with Crippen LogP contribution >= 0.6 is 0 Å². The van der Waals surface area contributed by atoms with E-state index in [4.69, 9.17) is 5.84 Å². The van der Waals surface area contributed by atoms with Gasteiger partial charge in [-0.25, -0.2) is 5.84 Å². The van der Waals surface area contributed by atoms with E-state index >= 15 is 0 Å². The minimum absolute atomic E-state index is 0.0210. The second kappa shape index (κ2) is 5.32. The molecule has 0 spiro atoms. The van der Waals surface area contributed by atoms with Gasteiger partial charge in [-0.1, -0.05) is 13.8 Å². The molecule has 4 heteroatoms. The van der Waals surface area contributed by atoms with Crippen molar-refractivity contribution in [1.82, 2.24) is 10.3 Å². The zero-order chi connectivity index (χ0) is 11.4. The highest BCUT2D eigenvalue weighted by atomic mass is 16.2. The number of rotatable bonds is 5. The fourth-order valence-electron chi connectivity index (χ4n) is 1.40. The summed E-state index contributed by atoms with van der Waals surface area (Å²) in [6.07, 6.45) is 1.76. The molecule has 1 amide bonds. The molecule has 0 aliphatic heterocycles. The summed E-state index contributed by atoms with van der Waals surface area (Å²) in [6, 6.07) is -0.144. The van der Waals surface area contributed by atoms with Crippen LogP contribution in [-0.2, 0) is 4.79 Å². The van der Waals surface area contributed by atoms with Gasteiger partial charge >= 0.3 is 0 Å². The number of nitrogens with one attached hydrogen (secondary N) is 1. The molecule has 1 atom stereocenters. The molecule has 3 N–H and O–H groups in total. The number of hydrogen-bond donors (Lipinski definition) is 2. The Labute approximate surface area is 86.8 Å². The Kier molecular flexibility index (Phi) is 5.08. The Morgan fingerprint density at radius 1 is 1.50 bits per heavy atom. The molecule has 0 aromatic rings. The smallest absolute Gasteiger partial charge is 0.251 e. The summed E-state index contributed by atoms with van der Waals surface area (Å²) in [4.78, 5) is 13.5. The van der Waals surface area contributed by atoms with E-state index in [-0.39, 0.29) is 17.5 Å². The minimum atomic E-state index is -0.144. The molecule has 4 nitrogen and oxygen atoms in total. The lowest BCUT2D eigenvalue weighted by Gasteiger charge is -2.39. The summed E-state index contributed by atoms with van der Waals surface area (Å²) in [5, 5.41) is 0. The molecule has 0 aliphatic rings. The number of amides is 1. The quantitative estimate of drug-likeness (QED) is 0.394. The van der Waals surface area contributed by atoms with Crippen LogP contribution in [-0.4, -0.2) is 29.4 Å². The summed E-state index contributed by atoms with van der Waals surface area (Å²) < 4.78 is 0. The van der Waals surface area contributed by atoms with E-state index in [2.05, 4.69) is 31.1 Å². The number of nitrogens with zero attached hydrogens (tertiary/aromatic N) is 1. The fourth-order valence-corrected chi connectivity index (χ4v) is 1.40. The van der Waals surface area contributed by atoms with Crippen molar-refractivity contribution in [2.45, 2.75) is 52.1 Å². The van der Waals surface area contributed by atoms with Gasteiger partial charge in [-0.2, -0.15) is 0 Å². The summed E-state index contributed by atoms with van der Waals surface area (Å²) in [5.74, 6) is 5.03. The third-order valence-corrected chi connectivity index (χ3v) is 3.12. The summed E-state index contributed by atoms with van der Waals surface area (Å²) >= 11 is 0. The first-order valence-corrected chi connectivity index (χ1v) is 5.14.